The summed E-state index contributed by atoms with van der Waals surface area (Å²) in [6.07, 6.45) is 2.47. The Morgan fingerprint density at radius 2 is 1.60 bits per heavy atom. The molecule has 0 saturated heterocycles. The molecule has 0 heterocycles. The summed E-state index contributed by atoms with van der Waals surface area (Å²) in [7, 11) is 0. The van der Waals surface area contributed by atoms with E-state index in [0.717, 1.165) is 6.42 Å². The van der Waals surface area contributed by atoms with E-state index < -0.39 is 5.41 Å². The molecule has 0 fully saturated rings. The van der Waals surface area contributed by atoms with Gasteiger partial charge in [-0.05, 0) is 24.2 Å². The van der Waals surface area contributed by atoms with Gasteiger partial charge in [-0.2, -0.15) is 0 Å². The number of carbonyl (C=O) groups excluding carboxylic acids is 1. The molecular weight excluding hydrogens is 252 g/mol. The second-order valence-electron chi connectivity index (χ2n) is 7.82. The van der Waals surface area contributed by atoms with Crippen molar-refractivity contribution in [1.82, 2.24) is 0 Å². The average Bonchev–Trinajstić information content (AvgIpc) is 2.24. The first kappa shape index (κ1) is 19.2. The molecule has 0 aromatic rings. The van der Waals surface area contributed by atoms with Gasteiger partial charge in [0.25, 0.3) is 0 Å². The van der Waals surface area contributed by atoms with Crippen molar-refractivity contribution in [1.29, 1.82) is 0 Å². The van der Waals surface area contributed by atoms with E-state index in [2.05, 4.69) is 48.1 Å². The highest BCUT2D eigenvalue weighted by atomic mass is 16.6. The van der Waals surface area contributed by atoms with E-state index in [9.17, 15) is 4.79 Å². The lowest BCUT2D eigenvalue weighted by molar-refractivity contribution is -0.166. The van der Waals surface area contributed by atoms with Gasteiger partial charge in [-0.3, -0.25) is 4.79 Å². The van der Waals surface area contributed by atoms with Crippen molar-refractivity contribution in [3.63, 3.8) is 0 Å². The van der Waals surface area contributed by atoms with Crippen molar-refractivity contribution in [3.05, 3.63) is 12.7 Å². The standard InChI is InChI=1S/C17H32O3/c1-9-10-19-11-12-20-14(18)17(8,16(5,6)7)13-15(2,3)4/h9H,1,10-13H2,2-8H3. The molecule has 0 aliphatic carbocycles. The second-order valence-corrected chi connectivity index (χ2v) is 7.82. The average molecular weight is 284 g/mol. The zero-order valence-electron chi connectivity index (χ0n) is 14.3. The van der Waals surface area contributed by atoms with Crippen LogP contribution in [0.25, 0.3) is 0 Å². The van der Waals surface area contributed by atoms with Crippen LogP contribution in [0.2, 0.25) is 0 Å². The molecule has 3 heteroatoms. The van der Waals surface area contributed by atoms with Crippen molar-refractivity contribution in [3.8, 4) is 0 Å². The van der Waals surface area contributed by atoms with Crippen LogP contribution >= 0.6 is 0 Å². The van der Waals surface area contributed by atoms with Crippen LogP contribution in [0.1, 0.15) is 54.9 Å². The van der Waals surface area contributed by atoms with Gasteiger partial charge in [0.2, 0.25) is 0 Å². The van der Waals surface area contributed by atoms with Crippen molar-refractivity contribution in [2.75, 3.05) is 19.8 Å². The summed E-state index contributed by atoms with van der Waals surface area (Å²) in [5.41, 5.74) is -0.594. The summed E-state index contributed by atoms with van der Waals surface area (Å²) in [5, 5.41) is 0. The van der Waals surface area contributed by atoms with Gasteiger partial charge >= 0.3 is 5.97 Å². The maximum absolute atomic E-state index is 12.5. The smallest absolute Gasteiger partial charge is 0.312 e. The zero-order valence-corrected chi connectivity index (χ0v) is 14.3. The molecule has 0 aromatic carbocycles. The lowest BCUT2D eigenvalue weighted by Crippen LogP contribution is -2.44. The maximum atomic E-state index is 12.5. The predicted octanol–water partition coefficient (Wildman–Crippen LogP) is 4.22. The maximum Gasteiger partial charge on any atom is 0.312 e. The van der Waals surface area contributed by atoms with Crippen molar-refractivity contribution in [2.45, 2.75) is 54.9 Å². The molecule has 0 rings (SSSR count). The molecule has 1 atom stereocenters. The fourth-order valence-electron chi connectivity index (χ4n) is 2.22. The van der Waals surface area contributed by atoms with Crippen LogP contribution in [0.15, 0.2) is 12.7 Å². The summed E-state index contributed by atoms with van der Waals surface area (Å²) in [6, 6.07) is 0. The predicted molar refractivity (Wildman–Crippen MR) is 83.6 cm³/mol. The Hall–Kier alpha value is -0.830. The van der Waals surface area contributed by atoms with Crippen LogP contribution < -0.4 is 0 Å². The topological polar surface area (TPSA) is 35.5 Å². The SMILES string of the molecule is C=CCOCCOC(=O)C(C)(CC(C)(C)C)C(C)(C)C. The third-order valence-electron chi connectivity index (χ3n) is 3.69. The van der Waals surface area contributed by atoms with Crippen molar-refractivity contribution >= 4 is 5.97 Å². The molecule has 0 spiro atoms. The van der Waals surface area contributed by atoms with E-state index in [0.29, 0.717) is 19.8 Å². The first-order chi connectivity index (χ1) is 8.94. The lowest BCUT2D eigenvalue weighted by atomic mass is 9.61. The van der Waals surface area contributed by atoms with E-state index in [-0.39, 0.29) is 16.8 Å². The molecule has 0 amide bonds. The minimum absolute atomic E-state index is 0.0698. The number of hydrogen-bond donors (Lipinski definition) is 0. The third kappa shape index (κ3) is 6.08. The fraction of sp³-hybridized carbons (Fsp3) is 0.824. The van der Waals surface area contributed by atoms with Gasteiger partial charge in [0.15, 0.2) is 0 Å². The first-order valence-corrected chi connectivity index (χ1v) is 7.30. The first-order valence-electron chi connectivity index (χ1n) is 7.30. The van der Waals surface area contributed by atoms with E-state index in [4.69, 9.17) is 9.47 Å². The molecule has 0 bridgehead atoms. The molecule has 0 aliphatic rings. The Balaban J connectivity index is 4.71. The van der Waals surface area contributed by atoms with Crippen LogP contribution in [-0.4, -0.2) is 25.8 Å². The van der Waals surface area contributed by atoms with Gasteiger partial charge < -0.3 is 9.47 Å². The van der Waals surface area contributed by atoms with Gasteiger partial charge in [-0.15, -0.1) is 6.58 Å². The Morgan fingerprint density at radius 1 is 1.05 bits per heavy atom. The Labute approximate surface area is 124 Å². The normalized spacial score (nSPS) is 15.6. The number of hydrogen-bond acceptors (Lipinski definition) is 3. The molecule has 118 valence electrons. The molecule has 0 aliphatic heterocycles. The lowest BCUT2D eigenvalue weighted by Gasteiger charge is -2.43. The molecule has 0 aromatic heterocycles. The highest BCUT2D eigenvalue weighted by Crippen LogP contribution is 2.47. The Kier molecular flexibility index (Phi) is 6.96. The highest BCUT2D eigenvalue weighted by Gasteiger charge is 2.47. The van der Waals surface area contributed by atoms with Gasteiger partial charge in [-0.25, -0.2) is 0 Å². The number of rotatable bonds is 7. The van der Waals surface area contributed by atoms with Crippen molar-refractivity contribution < 1.29 is 14.3 Å². The third-order valence-corrected chi connectivity index (χ3v) is 3.69. The summed E-state index contributed by atoms with van der Waals surface area (Å²) < 4.78 is 10.7. The molecular formula is C17H32O3. The molecule has 0 radical (unpaired) electrons. The van der Waals surface area contributed by atoms with Crippen LogP contribution in [-0.2, 0) is 14.3 Å². The number of carbonyl (C=O) groups is 1. The van der Waals surface area contributed by atoms with E-state index in [1.165, 1.54) is 0 Å². The fourth-order valence-corrected chi connectivity index (χ4v) is 2.22. The van der Waals surface area contributed by atoms with Gasteiger partial charge in [0.1, 0.15) is 6.61 Å². The van der Waals surface area contributed by atoms with Gasteiger partial charge in [0, 0.05) is 0 Å². The summed E-state index contributed by atoms with van der Waals surface area (Å²) in [4.78, 5) is 12.5. The molecule has 3 nitrogen and oxygen atoms in total. The minimum atomic E-state index is -0.510. The van der Waals surface area contributed by atoms with E-state index in [1.807, 2.05) is 6.92 Å². The largest absolute Gasteiger partial charge is 0.463 e. The van der Waals surface area contributed by atoms with Crippen LogP contribution in [0.3, 0.4) is 0 Å². The zero-order chi connectivity index (χ0) is 16.0. The number of esters is 1. The Bertz CT molecular complexity index is 320. The quantitative estimate of drug-likeness (QED) is 0.399. The Morgan fingerprint density at radius 3 is 2.00 bits per heavy atom. The molecule has 1 unspecified atom stereocenters. The number of ether oxygens (including phenoxy) is 2. The summed E-state index contributed by atoms with van der Waals surface area (Å²) >= 11 is 0. The molecule has 20 heavy (non-hydrogen) atoms. The van der Waals surface area contributed by atoms with Crippen molar-refractivity contribution in [2.24, 2.45) is 16.2 Å². The van der Waals surface area contributed by atoms with Crippen LogP contribution in [0, 0.1) is 16.2 Å². The highest BCUT2D eigenvalue weighted by molar-refractivity contribution is 5.77. The van der Waals surface area contributed by atoms with Gasteiger partial charge in [-0.1, -0.05) is 47.6 Å². The van der Waals surface area contributed by atoms with Gasteiger partial charge in [0.05, 0.1) is 18.6 Å². The minimum Gasteiger partial charge on any atom is -0.463 e. The van der Waals surface area contributed by atoms with Crippen LogP contribution in [0.5, 0.6) is 0 Å². The van der Waals surface area contributed by atoms with E-state index in [1.54, 1.807) is 6.08 Å². The van der Waals surface area contributed by atoms with Crippen LogP contribution in [0.4, 0.5) is 0 Å². The second kappa shape index (κ2) is 7.26. The summed E-state index contributed by atoms with van der Waals surface area (Å²) in [6.45, 7) is 19.5. The monoisotopic (exact) mass is 284 g/mol. The van der Waals surface area contributed by atoms with E-state index >= 15 is 0 Å². The summed E-state index contributed by atoms with van der Waals surface area (Å²) in [5.74, 6) is -0.137. The molecule has 0 N–H and O–H groups in total. The molecule has 0 saturated carbocycles.